The number of nitrogens with one attached hydrogen (secondary N) is 2. The van der Waals surface area contributed by atoms with Crippen LogP contribution < -0.4 is 21.3 Å². The van der Waals surface area contributed by atoms with E-state index in [2.05, 4.69) is 25.6 Å². The van der Waals surface area contributed by atoms with Crippen LogP contribution in [-0.4, -0.2) is 57.2 Å². The molecule has 3 aliphatic rings. The zero-order valence-electron chi connectivity index (χ0n) is 16.4. The van der Waals surface area contributed by atoms with Crippen molar-refractivity contribution in [3.8, 4) is 0 Å². The lowest BCUT2D eigenvalue weighted by atomic mass is 10.2. The Morgan fingerprint density at radius 2 is 2.17 bits per heavy atom. The monoisotopic (exact) mass is 413 g/mol. The molecule has 1 aliphatic heterocycles. The Balaban J connectivity index is 1.30. The van der Waals surface area contributed by atoms with E-state index >= 15 is 0 Å². The zero-order valence-corrected chi connectivity index (χ0v) is 16.4. The summed E-state index contributed by atoms with van der Waals surface area (Å²) in [6.45, 7) is 1.01. The highest BCUT2D eigenvalue weighted by atomic mass is 19.1. The molecule has 10 heteroatoms. The van der Waals surface area contributed by atoms with Crippen LogP contribution in [0.1, 0.15) is 18.5 Å². The highest BCUT2D eigenvalue weighted by molar-refractivity contribution is 5.83. The van der Waals surface area contributed by atoms with Crippen LogP contribution in [0.3, 0.4) is 0 Å². The standard InChI is InChI=1S/C20H24FN7O2/c21-15-8-24-19(25-13-4-3-12(5-6-29)23-7-13)26-17(15)28-9-14-16(22)20(14,10-28)27-18(30)11-1-2-11/h3-4,7-8,11,14,16,29H,1-2,5-6,9-10,22H2,(H,27,30)(H,24,25,26)/t14-,16+,20+/m0/s1. The number of carbonyl (C=O) groups excluding carboxylic acids is 1. The number of fused-ring (bicyclic) bond motifs is 1. The highest BCUT2D eigenvalue weighted by Gasteiger charge is 2.69. The average Bonchev–Trinajstić information content (AvgIpc) is 3.63. The summed E-state index contributed by atoms with van der Waals surface area (Å²) in [5, 5.41) is 15.1. The van der Waals surface area contributed by atoms with Crippen molar-refractivity contribution in [2.45, 2.75) is 30.8 Å². The number of carbonyl (C=O) groups is 1. The van der Waals surface area contributed by atoms with Gasteiger partial charge in [0.1, 0.15) is 0 Å². The van der Waals surface area contributed by atoms with Gasteiger partial charge in [-0.3, -0.25) is 9.78 Å². The summed E-state index contributed by atoms with van der Waals surface area (Å²) in [7, 11) is 0. The molecule has 2 aromatic rings. The normalized spacial score (nSPS) is 27.0. The molecular weight excluding hydrogens is 389 g/mol. The van der Waals surface area contributed by atoms with E-state index in [9.17, 15) is 9.18 Å². The second kappa shape index (κ2) is 7.13. The lowest BCUT2D eigenvalue weighted by Crippen LogP contribution is -2.48. The molecule has 2 aromatic heterocycles. The molecule has 5 N–H and O–H groups in total. The first-order chi connectivity index (χ1) is 14.5. The molecule has 0 spiro atoms. The van der Waals surface area contributed by atoms with Gasteiger partial charge in [0.25, 0.3) is 0 Å². The van der Waals surface area contributed by atoms with Gasteiger partial charge >= 0.3 is 0 Å². The van der Waals surface area contributed by atoms with Gasteiger partial charge in [0, 0.05) is 49.7 Å². The van der Waals surface area contributed by atoms with E-state index in [0.29, 0.717) is 25.2 Å². The number of pyridine rings is 1. The predicted molar refractivity (Wildman–Crippen MR) is 108 cm³/mol. The fourth-order valence-electron chi connectivity index (χ4n) is 4.25. The van der Waals surface area contributed by atoms with Gasteiger partial charge in [0.2, 0.25) is 11.9 Å². The molecule has 3 heterocycles. The Kier molecular flexibility index (Phi) is 4.55. The van der Waals surface area contributed by atoms with Crippen molar-refractivity contribution in [2.75, 3.05) is 29.9 Å². The third kappa shape index (κ3) is 3.35. The van der Waals surface area contributed by atoms with Crippen LogP contribution in [0.2, 0.25) is 0 Å². The molecule has 1 amide bonds. The quantitative estimate of drug-likeness (QED) is 0.511. The molecule has 5 rings (SSSR count). The maximum atomic E-state index is 14.5. The smallest absolute Gasteiger partial charge is 0.229 e. The zero-order chi connectivity index (χ0) is 20.9. The van der Waals surface area contributed by atoms with Crippen molar-refractivity contribution >= 4 is 23.4 Å². The summed E-state index contributed by atoms with van der Waals surface area (Å²) >= 11 is 0. The molecule has 2 aliphatic carbocycles. The van der Waals surface area contributed by atoms with E-state index in [-0.39, 0.29) is 42.2 Å². The van der Waals surface area contributed by atoms with Crippen LogP contribution in [0.15, 0.2) is 24.5 Å². The Bertz CT molecular complexity index is 968. The minimum atomic E-state index is -0.518. The number of piperidine rings is 1. The van der Waals surface area contributed by atoms with Gasteiger partial charge in [-0.1, -0.05) is 0 Å². The molecule has 30 heavy (non-hydrogen) atoms. The van der Waals surface area contributed by atoms with Gasteiger partial charge in [0.05, 0.1) is 23.6 Å². The number of nitrogens with zero attached hydrogens (tertiary/aromatic N) is 4. The molecule has 3 atom stereocenters. The van der Waals surface area contributed by atoms with Gasteiger partial charge in [-0.05, 0) is 25.0 Å². The first-order valence-electron chi connectivity index (χ1n) is 10.2. The number of hydrogen-bond donors (Lipinski definition) is 4. The molecule has 0 unspecified atom stereocenters. The largest absolute Gasteiger partial charge is 0.396 e. The van der Waals surface area contributed by atoms with E-state index in [1.165, 1.54) is 0 Å². The van der Waals surface area contributed by atoms with E-state index in [0.717, 1.165) is 24.7 Å². The molecule has 158 valence electrons. The Morgan fingerprint density at radius 1 is 1.33 bits per heavy atom. The summed E-state index contributed by atoms with van der Waals surface area (Å²) in [5.41, 5.74) is 7.16. The van der Waals surface area contributed by atoms with Crippen LogP contribution in [0.5, 0.6) is 0 Å². The van der Waals surface area contributed by atoms with Crippen LogP contribution in [0.25, 0.3) is 0 Å². The lowest BCUT2D eigenvalue weighted by molar-refractivity contribution is -0.123. The fraction of sp³-hybridized carbons (Fsp3) is 0.500. The van der Waals surface area contributed by atoms with Gasteiger partial charge in [-0.2, -0.15) is 4.98 Å². The lowest BCUT2D eigenvalue weighted by Gasteiger charge is -2.25. The second-order valence-corrected chi connectivity index (χ2v) is 8.32. The highest BCUT2D eigenvalue weighted by Crippen LogP contribution is 2.50. The maximum absolute atomic E-state index is 14.5. The van der Waals surface area contributed by atoms with Crippen molar-refractivity contribution in [3.05, 3.63) is 36.0 Å². The molecule has 0 radical (unpaired) electrons. The summed E-state index contributed by atoms with van der Waals surface area (Å²) in [6.07, 6.45) is 5.09. The summed E-state index contributed by atoms with van der Waals surface area (Å²) in [4.78, 5) is 26.7. The average molecular weight is 413 g/mol. The number of rotatable bonds is 7. The van der Waals surface area contributed by atoms with E-state index in [4.69, 9.17) is 10.8 Å². The first-order valence-corrected chi connectivity index (χ1v) is 10.2. The predicted octanol–water partition coefficient (Wildman–Crippen LogP) is 0.331. The minimum absolute atomic E-state index is 0.0350. The number of nitrogens with two attached hydrogens (primary N) is 1. The number of halogens is 1. The van der Waals surface area contributed by atoms with Crippen LogP contribution in [0, 0.1) is 17.7 Å². The molecule has 0 bridgehead atoms. The topological polar surface area (TPSA) is 129 Å². The molecule has 2 saturated carbocycles. The molecule has 1 saturated heterocycles. The van der Waals surface area contributed by atoms with E-state index in [1.807, 2.05) is 4.90 Å². The van der Waals surface area contributed by atoms with Gasteiger partial charge in [-0.15, -0.1) is 0 Å². The Labute approximate surface area is 172 Å². The Hall–Kier alpha value is -2.85. The second-order valence-electron chi connectivity index (χ2n) is 8.32. The van der Waals surface area contributed by atoms with Crippen molar-refractivity contribution in [1.82, 2.24) is 20.3 Å². The van der Waals surface area contributed by atoms with Crippen LogP contribution in [0.4, 0.5) is 21.8 Å². The first kappa shape index (κ1) is 19.1. The number of anilines is 3. The van der Waals surface area contributed by atoms with Crippen LogP contribution >= 0.6 is 0 Å². The third-order valence-corrected chi connectivity index (χ3v) is 6.23. The molecule has 0 aromatic carbocycles. The van der Waals surface area contributed by atoms with Crippen molar-refractivity contribution in [1.29, 1.82) is 0 Å². The van der Waals surface area contributed by atoms with Crippen molar-refractivity contribution < 1.29 is 14.3 Å². The van der Waals surface area contributed by atoms with Gasteiger partial charge in [-0.25, -0.2) is 9.37 Å². The van der Waals surface area contributed by atoms with Gasteiger partial charge in [0.15, 0.2) is 11.6 Å². The van der Waals surface area contributed by atoms with Crippen molar-refractivity contribution in [3.63, 3.8) is 0 Å². The fourth-order valence-corrected chi connectivity index (χ4v) is 4.25. The third-order valence-electron chi connectivity index (χ3n) is 6.23. The van der Waals surface area contributed by atoms with Crippen LogP contribution in [-0.2, 0) is 11.2 Å². The van der Waals surface area contributed by atoms with E-state index < -0.39 is 11.4 Å². The number of amides is 1. The molecule has 3 fully saturated rings. The summed E-state index contributed by atoms with van der Waals surface area (Å²) < 4.78 is 14.5. The van der Waals surface area contributed by atoms with E-state index in [1.54, 1.807) is 18.3 Å². The number of hydrogen-bond acceptors (Lipinski definition) is 8. The maximum Gasteiger partial charge on any atom is 0.229 e. The molecule has 9 nitrogen and oxygen atoms in total. The van der Waals surface area contributed by atoms with Crippen molar-refractivity contribution in [2.24, 2.45) is 17.6 Å². The summed E-state index contributed by atoms with van der Waals surface area (Å²) in [5.74, 6) is 0.175. The number of aliphatic hydroxyl groups is 1. The molecular formula is C20H24FN7O2. The Morgan fingerprint density at radius 3 is 2.87 bits per heavy atom. The number of aromatic nitrogens is 3. The SMILES string of the molecule is N[C@@H]1[C@@H]2CN(c3nc(Nc4ccc(CCO)nc4)ncc3F)C[C@]12NC(=O)C1CC1. The van der Waals surface area contributed by atoms with Gasteiger partial charge < -0.3 is 26.4 Å². The number of aliphatic hydroxyl groups excluding tert-OH is 1. The summed E-state index contributed by atoms with van der Waals surface area (Å²) in [6, 6.07) is 3.49. The minimum Gasteiger partial charge on any atom is -0.396 e.